The molecule has 0 fully saturated rings. The van der Waals surface area contributed by atoms with Gasteiger partial charge in [0.05, 0.1) is 5.38 Å². The maximum Gasteiger partial charge on any atom is 0.330 e. The van der Waals surface area contributed by atoms with Gasteiger partial charge in [0.25, 0.3) is 5.56 Å². The van der Waals surface area contributed by atoms with E-state index in [1.165, 1.54) is 4.57 Å². The van der Waals surface area contributed by atoms with Gasteiger partial charge in [-0.25, -0.2) is 9.78 Å². The van der Waals surface area contributed by atoms with Crippen LogP contribution in [0.3, 0.4) is 0 Å². The van der Waals surface area contributed by atoms with Crippen molar-refractivity contribution in [3.63, 3.8) is 0 Å². The minimum absolute atomic E-state index is 0.327. The fraction of sp³-hybridized carbons (Fsp3) is 0.500. The number of hydrogen-bond acceptors (Lipinski definition) is 3. The summed E-state index contributed by atoms with van der Waals surface area (Å²) >= 11 is 5.98. The van der Waals surface area contributed by atoms with Crippen LogP contribution in [-0.4, -0.2) is 19.1 Å². The molecule has 2 heterocycles. The lowest BCUT2D eigenvalue weighted by Crippen LogP contribution is -2.30. The molecule has 0 aliphatic heterocycles. The molecule has 2 aromatic heterocycles. The van der Waals surface area contributed by atoms with Crippen LogP contribution in [0.2, 0.25) is 0 Å². The van der Waals surface area contributed by atoms with E-state index in [-0.39, 0.29) is 5.38 Å². The van der Waals surface area contributed by atoms with Crippen molar-refractivity contribution in [1.29, 1.82) is 0 Å². The summed E-state index contributed by atoms with van der Waals surface area (Å²) < 4.78 is 3.04. The number of aromatic nitrogens is 4. The number of H-pyrrole nitrogens is 1. The van der Waals surface area contributed by atoms with Crippen molar-refractivity contribution in [2.24, 2.45) is 7.05 Å². The Morgan fingerprint density at radius 2 is 2.12 bits per heavy atom. The number of nitrogens with one attached hydrogen (secondary N) is 1. The molecule has 0 saturated carbocycles. The molecule has 0 saturated heterocycles. The van der Waals surface area contributed by atoms with E-state index < -0.39 is 11.2 Å². The molecule has 0 aliphatic carbocycles. The molecule has 7 heteroatoms. The molecular weight excluding hydrogens is 244 g/mol. The zero-order valence-electron chi connectivity index (χ0n) is 9.82. The van der Waals surface area contributed by atoms with Gasteiger partial charge in [0.1, 0.15) is 5.82 Å². The number of nitrogens with zero attached hydrogens (tertiary/aromatic N) is 3. The molecule has 0 spiro atoms. The zero-order chi connectivity index (χ0) is 12.7. The SMILES string of the molecule is CCn1c(=O)[nH]c(=O)c2c1nc(C(C)Cl)n2C. The summed E-state index contributed by atoms with van der Waals surface area (Å²) in [6.07, 6.45) is 0. The highest BCUT2D eigenvalue weighted by molar-refractivity contribution is 6.20. The van der Waals surface area contributed by atoms with Gasteiger partial charge in [-0.1, -0.05) is 0 Å². The highest BCUT2D eigenvalue weighted by Gasteiger charge is 2.17. The van der Waals surface area contributed by atoms with E-state index in [2.05, 4.69) is 9.97 Å². The van der Waals surface area contributed by atoms with Gasteiger partial charge in [-0.2, -0.15) is 0 Å². The first-order valence-corrected chi connectivity index (χ1v) is 5.74. The number of fused-ring (bicyclic) bond motifs is 1. The van der Waals surface area contributed by atoms with E-state index in [0.29, 0.717) is 23.5 Å². The Hall–Kier alpha value is -1.56. The van der Waals surface area contributed by atoms with Gasteiger partial charge >= 0.3 is 5.69 Å². The van der Waals surface area contributed by atoms with E-state index in [0.717, 1.165) is 0 Å². The lowest BCUT2D eigenvalue weighted by Gasteiger charge is -2.02. The third-order valence-corrected chi connectivity index (χ3v) is 2.91. The molecule has 2 aromatic rings. The smallest absolute Gasteiger partial charge is 0.324 e. The summed E-state index contributed by atoms with van der Waals surface area (Å²) in [6, 6.07) is 0. The molecule has 1 N–H and O–H groups in total. The average molecular weight is 257 g/mol. The summed E-state index contributed by atoms with van der Waals surface area (Å²) in [5, 5.41) is -0.327. The minimum Gasteiger partial charge on any atom is -0.324 e. The van der Waals surface area contributed by atoms with Gasteiger partial charge in [-0.15, -0.1) is 11.6 Å². The van der Waals surface area contributed by atoms with E-state index in [4.69, 9.17) is 11.6 Å². The Bertz CT molecular complexity index is 680. The van der Waals surface area contributed by atoms with Crippen LogP contribution in [0.5, 0.6) is 0 Å². The van der Waals surface area contributed by atoms with Gasteiger partial charge in [-0.3, -0.25) is 14.3 Å². The Morgan fingerprint density at radius 1 is 1.47 bits per heavy atom. The maximum absolute atomic E-state index is 11.8. The van der Waals surface area contributed by atoms with Crippen molar-refractivity contribution in [3.8, 4) is 0 Å². The number of aryl methyl sites for hydroxylation is 2. The van der Waals surface area contributed by atoms with E-state index >= 15 is 0 Å². The zero-order valence-corrected chi connectivity index (χ0v) is 10.6. The van der Waals surface area contributed by atoms with Crippen LogP contribution in [0, 0.1) is 0 Å². The maximum atomic E-state index is 11.8. The van der Waals surface area contributed by atoms with E-state index in [1.54, 1.807) is 18.5 Å². The predicted octanol–water partition coefficient (Wildman–Crippen LogP) is 0.743. The van der Waals surface area contributed by atoms with Gasteiger partial charge in [-0.05, 0) is 13.8 Å². The molecule has 0 bridgehead atoms. The minimum atomic E-state index is -0.447. The number of halogens is 1. The molecular formula is C10H13ClN4O2. The van der Waals surface area contributed by atoms with Crippen LogP contribution in [-0.2, 0) is 13.6 Å². The van der Waals surface area contributed by atoms with Gasteiger partial charge < -0.3 is 4.57 Å². The molecule has 0 aromatic carbocycles. The van der Waals surface area contributed by atoms with Crippen molar-refractivity contribution < 1.29 is 0 Å². The number of alkyl halides is 1. The number of rotatable bonds is 2. The van der Waals surface area contributed by atoms with Gasteiger partial charge in [0, 0.05) is 13.6 Å². The predicted molar refractivity (Wildman–Crippen MR) is 65.5 cm³/mol. The quantitative estimate of drug-likeness (QED) is 0.806. The van der Waals surface area contributed by atoms with E-state index in [9.17, 15) is 9.59 Å². The fourth-order valence-corrected chi connectivity index (χ4v) is 2.11. The Kier molecular flexibility index (Phi) is 2.82. The first-order chi connectivity index (χ1) is 7.97. The number of aromatic amines is 1. The largest absolute Gasteiger partial charge is 0.330 e. The summed E-state index contributed by atoms with van der Waals surface area (Å²) in [6.45, 7) is 4.03. The second kappa shape index (κ2) is 4.03. The summed E-state index contributed by atoms with van der Waals surface area (Å²) in [5.41, 5.74) is -0.134. The van der Waals surface area contributed by atoms with Crippen LogP contribution >= 0.6 is 11.6 Å². The molecule has 1 atom stereocenters. The monoisotopic (exact) mass is 256 g/mol. The normalized spacial score (nSPS) is 13.2. The molecule has 92 valence electrons. The lowest BCUT2D eigenvalue weighted by molar-refractivity contribution is 0.718. The second-order valence-corrected chi connectivity index (χ2v) is 4.48. The van der Waals surface area contributed by atoms with Crippen molar-refractivity contribution in [2.75, 3.05) is 0 Å². The Balaban J connectivity index is 3.00. The highest BCUT2D eigenvalue weighted by atomic mass is 35.5. The fourth-order valence-electron chi connectivity index (χ4n) is 1.91. The molecule has 1 unspecified atom stereocenters. The molecule has 17 heavy (non-hydrogen) atoms. The van der Waals surface area contributed by atoms with Crippen LogP contribution in [0.1, 0.15) is 25.0 Å². The van der Waals surface area contributed by atoms with Crippen molar-refractivity contribution >= 4 is 22.8 Å². The summed E-state index contributed by atoms with van der Waals surface area (Å²) in [5.74, 6) is 0.569. The molecule has 2 rings (SSSR count). The third kappa shape index (κ3) is 1.68. The number of imidazole rings is 1. The van der Waals surface area contributed by atoms with Gasteiger partial charge in [0.2, 0.25) is 0 Å². The average Bonchev–Trinajstić information content (AvgIpc) is 2.57. The standard InChI is InChI=1S/C10H13ClN4O2/c1-4-15-8-6(9(16)13-10(15)17)14(3)7(12-8)5(2)11/h5H,4H2,1-3H3,(H,13,16,17). The Labute approximate surface area is 102 Å². The van der Waals surface area contributed by atoms with Gasteiger partial charge in [0.15, 0.2) is 11.2 Å². The highest BCUT2D eigenvalue weighted by Crippen LogP contribution is 2.20. The second-order valence-electron chi connectivity index (χ2n) is 3.82. The molecule has 6 nitrogen and oxygen atoms in total. The first kappa shape index (κ1) is 11.9. The topological polar surface area (TPSA) is 72.7 Å². The summed E-state index contributed by atoms with van der Waals surface area (Å²) in [7, 11) is 1.71. The van der Waals surface area contributed by atoms with E-state index in [1.807, 2.05) is 6.92 Å². The van der Waals surface area contributed by atoms with Crippen LogP contribution in [0.4, 0.5) is 0 Å². The van der Waals surface area contributed by atoms with Crippen LogP contribution in [0.25, 0.3) is 11.2 Å². The number of hydrogen-bond donors (Lipinski definition) is 1. The lowest BCUT2D eigenvalue weighted by atomic mass is 10.4. The first-order valence-electron chi connectivity index (χ1n) is 5.30. The molecule has 0 aliphatic rings. The summed E-state index contributed by atoms with van der Waals surface area (Å²) in [4.78, 5) is 29.9. The molecule has 0 radical (unpaired) electrons. The third-order valence-electron chi connectivity index (χ3n) is 2.72. The van der Waals surface area contributed by atoms with Crippen molar-refractivity contribution in [2.45, 2.75) is 25.8 Å². The van der Waals surface area contributed by atoms with Crippen LogP contribution in [0.15, 0.2) is 9.59 Å². The van der Waals surface area contributed by atoms with Crippen LogP contribution < -0.4 is 11.2 Å². The Morgan fingerprint density at radius 3 is 2.65 bits per heavy atom. The van der Waals surface area contributed by atoms with Crippen molar-refractivity contribution in [3.05, 3.63) is 26.7 Å². The molecule has 0 amide bonds. The van der Waals surface area contributed by atoms with Crippen molar-refractivity contribution in [1.82, 2.24) is 19.1 Å².